The first-order chi connectivity index (χ1) is 8.83. The Morgan fingerprint density at radius 1 is 1.50 bits per heavy atom. The molecule has 0 bridgehead atoms. The molecule has 1 atom stereocenters. The second-order valence-corrected chi connectivity index (χ2v) is 5.88. The SMILES string of the molecule is CC1CCCCN1Cc1coc(-c2cccs2)n1. The molecule has 1 saturated heterocycles. The summed E-state index contributed by atoms with van der Waals surface area (Å²) in [4.78, 5) is 8.19. The lowest BCUT2D eigenvalue weighted by Gasteiger charge is -2.32. The van der Waals surface area contributed by atoms with Gasteiger partial charge >= 0.3 is 0 Å². The molecule has 1 fully saturated rings. The molecule has 0 spiro atoms. The lowest BCUT2D eigenvalue weighted by atomic mass is 10.0. The van der Waals surface area contributed by atoms with Gasteiger partial charge in [-0.1, -0.05) is 12.5 Å². The van der Waals surface area contributed by atoms with Gasteiger partial charge in [0.15, 0.2) is 0 Å². The summed E-state index contributed by atoms with van der Waals surface area (Å²) in [5, 5.41) is 2.05. The highest BCUT2D eigenvalue weighted by atomic mass is 32.1. The van der Waals surface area contributed by atoms with E-state index in [1.807, 2.05) is 17.5 Å². The maximum Gasteiger partial charge on any atom is 0.236 e. The summed E-state index contributed by atoms with van der Waals surface area (Å²) in [6.07, 6.45) is 5.77. The Hall–Kier alpha value is -1.13. The number of rotatable bonds is 3. The van der Waals surface area contributed by atoms with Crippen LogP contribution in [0.25, 0.3) is 10.8 Å². The van der Waals surface area contributed by atoms with E-state index in [4.69, 9.17) is 4.42 Å². The molecule has 0 saturated carbocycles. The van der Waals surface area contributed by atoms with Gasteiger partial charge in [0, 0.05) is 12.6 Å². The number of thiophene rings is 1. The molecule has 0 aromatic carbocycles. The minimum Gasteiger partial charge on any atom is -0.444 e. The Bertz CT molecular complexity index is 492. The number of likely N-dealkylation sites (tertiary alicyclic amines) is 1. The van der Waals surface area contributed by atoms with Gasteiger partial charge < -0.3 is 4.42 Å². The fourth-order valence-corrected chi connectivity index (χ4v) is 3.15. The first kappa shape index (κ1) is 11.9. The van der Waals surface area contributed by atoms with E-state index in [1.165, 1.54) is 25.8 Å². The predicted molar refractivity (Wildman–Crippen MR) is 73.5 cm³/mol. The molecule has 4 heteroatoms. The number of hydrogen-bond donors (Lipinski definition) is 0. The van der Waals surface area contributed by atoms with E-state index in [9.17, 15) is 0 Å². The van der Waals surface area contributed by atoms with E-state index in [-0.39, 0.29) is 0 Å². The van der Waals surface area contributed by atoms with Crippen molar-refractivity contribution in [2.24, 2.45) is 0 Å². The third-order valence-electron chi connectivity index (χ3n) is 3.59. The van der Waals surface area contributed by atoms with E-state index >= 15 is 0 Å². The quantitative estimate of drug-likeness (QED) is 0.843. The zero-order valence-corrected chi connectivity index (χ0v) is 11.4. The fourth-order valence-electron chi connectivity index (χ4n) is 2.49. The molecular weight excluding hydrogens is 244 g/mol. The van der Waals surface area contributed by atoms with Gasteiger partial charge in [-0.25, -0.2) is 4.98 Å². The molecule has 0 aliphatic carbocycles. The van der Waals surface area contributed by atoms with E-state index in [0.717, 1.165) is 23.0 Å². The van der Waals surface area contributed by atoms with Gasteiger partial charge in [0.05, 0.1) is 10.6 Å². The smallest absolute Gasteiger partial charge is 0.236 e. The van der Waals surface area contributed by atoms with Crippen LogP contribution in [-0.4, -0.2) is 22.5 Å². The largest absolute Gasteiger partial charge is 0.444 e. The summed E-state index contributed by atoms with van der Waals surface area (Å²) in [5.41, 5.74) is 1.05. The van der Waals surface area contributed by atoms with Crippen molar-refractivity contribution in [3.05, 3.63) is 29.5 Å². The highest BCUT2D eigenvalue weighted by Gasteiger charge is 2.19. The lowest BCUT2D eigenvalue weighted by Crippen LogP contribution is -2.36. The van der Waals surface area contributed by atoms with Crippen LogP contribution in [-0.2, 0) is 6.54 Å². The first-order valence-corrected chi connectivity index (χ1v) is 7.43. The molecule has 3 rings (SSSR count). The summed E-state index contributed by atoms with van der Waals surface area (Å²) in [6, 6.07) is 4.74. The average molecular weight is 262 g/mol. The van der Waals surface area contributed by atoms with Crippen LogP contribution >= 0.6 is 11.3 Å². The van der Waals surface area contributed by atoms with Crippen LogP contribution in [0, 0.1) is 0 Å². The molecule has 96 valence electrons. The van der Waals surface area contributed by atoms with Crippen LogP contribution in [0.3, 0.4) is 0 Å². The molecule has 0 radical (unpaired) electrons. The van der Waals surface area contributed by atoms with Crippen LogP contribution in [0.1, 0.15) is 31.9 Å². The topological polar surface area (TPSA) is 29.3 Å². The van der Waals surface area contributed by atoms with E-state index in [2.05, 4.69) is 16.8 Å². The van der Waals surface area contributed by atoms with Gasteiger partial charge in [-0.05, 0) is 37.8 Å². The molecule has 3 heterocycles. The Kier molecular flexibility index (Phi) is 3.48. The van der Waals surface area contributed by atoms with Crippen molar-refractivity contribution in [1.82, 2.24) is 9.88 Å². The van der Waals surface area contributed by atoms with Gasteiger partial charge in [0.1, 0.15) is 6.26 Å². The fraction of sp³-hybridized carbons (Fsp3) is 0.500. The Balaban J connectivity index is 1.70. The monoisotopic (exact) mass is 262 g/mol. The Morgan fingerprint density at radius 2 is 2.44 bits per heavy atom. The van der Waals surface area contributed by atoms with Gasteiger partial charge in [-0.2, -0.15) is 0 Å². The Labute approximate surface area is 111 Å². The molecule has 1 aliphatic rings. The maximum atomic E-state index is 5.56. The number of aromatic nitrogens is 1. The van der Waals surface area contributed by atoms with Crippen LogP contribution in [0.4, 0.5) is 0 Å². The van der Waals surface area contributed by atoms with Crippen LogP contribution in [0.5, 0.6) is 0 Å². The average Bonchev–Trinajstić information content (AvgIpc) is 3.02. The zero-order valence-electron chi connectivity index (χ0n) is 10.6. The zero-order chi connectivity index (χ0) is 12.4. The third-order valence-corrected chi connectivity index (χ3v) is 4.45. The van der Waals surface area contributed by atoms with Crippen LogP contribution in [0.15, 0.2) is 28.2 Å². The number of piperidine rings is 1. The van der Waals surface area contributed by atoms with Crippen LogP contribution < -0.4 is 0 Å². The van der Waals surface area contributed by atoms with Crippen LogP contribution in [0.2, 0.25) is 0 Å². The molecule has 1 aliphatic heterocycles. The normalized spacial score (nSPS) is 21.3. The van der Waals surface area contributed by atoms with Crippen molar-refractivity contribution in [2.45, 2.75) is 38.8 Å². The summed E-state index contributed by atoms with van der Waals surface area (Å²) in [7, 11) is 0. The second kappa shape index (κ2) is 5.24. The molecule has 1 unspecified atom stereocenters. The van der Waals surface area contributed by atoms with Crippen molar-refractivity contribution in [2.75, 3.05) is 6.54 Å². The molecule has 0 N–H and O–H groups in total. The highest BCUT2D eigenvalue weighted by Crippen LogP contribution is 2.25. The van der Waals surface area contributed by atoms with Crippen molar-refractivity contribution in [1.29, 1.82) is 0 Å². The van der Waals surface area contributed by atoms with E-state index < -0.39 is 0 Å². The van der Waals surface area contributed by atoms with E-state index in [0.29, 0.717) is 6.04 Å². The molecule has 3 nitrogen and oxygen atoms in total. The van der Waals surface area contributed by atoms with Gasteiger partial charge in [0.25, 0.3) is 0 Å². The van der Waals surface area contributed by atoms with Gasteiger partial charge in [-0.3, -0.25) is 4.90 Å². The van der Waals surface area contributed by atoms with Crippen molar-refractivity contribution in [3.8, 4) is 10.8 Å². The first-order valence-electron chi connectivity index (χ1n) is 6.55. The van der Waals surface area contributed by atoms with Gasteiger partial charge in [0.2, 0.25) is 5.89 Å². The summed E-state index contributed by atoms with van der Waals surface area (Å²) >= 11 is 1.67. The summed E-state index contributed by atoms with van der Waals surface area (Å²) in [6.45, 7) is 4.40. The summed E-state index contributed by atoms with van der Waals surface area (Å²) < 4.78 is 5.56. The van der Waals surface area contributed by atoms with Crippen molar-refractivity contribution >= 4 is 11.3 Å². The third kappa shape index (κ3) is 2.49. The minimum absolute atomic E-state index is 0.667. The molecule has 2 aromatic heterocycles. The molecular formula is C14H18N2OS. The minimum atomic E-state index is 0.667. The van der Waals surface area contributed by atoms with E-state index in [1.54, 1.807) is 17.6 Å². The summed E-state index contributed by atoms with van der Waals surface area (Å²) in [5.74, 6) is 0.754. The number of hydrogen-bond acceptors (Lipinski definition) is 4. The molecule has 18 heavy (non-hydrogen) atoms. The predicted octanol–water partition coefficient (Wildman–Crippen LogP) is 3.78. The molecule has 0 amide bonds. The standard InChI is InChI=1S/C14H18N2OS/c1-11-5-2-3-7-16(11)9-12-10-17-14(15-12)13-6-4-8-18-13/h4,6,8,10-11H,2-3,5,7,9H2,1H3. The second-order valence-electron chi connectivity index (χ2n) is 4.94. The van der Waals surface area contributed by atoms with Crippen molar-refractivity contribution < 1.29 is 4.42 Å². The van der Waals surface area contributed by atoms with Gasteiger partial charge in [-0.15, -0.1) is 11.3 Å². The lowest BCUT2D eigenvalue weighted by molar-refractivity contribution is 0.151. The maximum absolute atomic E-state index is 5.56. The Morgan fingerprint density at radius 3 is 3.22 bits per heavy atom. The number of oxazole rings is 1. The molecule has 2 aromatic rings. The highest BCUT2D eigenvalue weighted by molar-refractivity contribution is 7.13. The number of nitrogens with zero attached hydrogens (tertiary/aromatic N) is 2. The van der Waals surface area contributed by atoms with Crippen molar-refractivity contribution in [3.63, 3.8) is 0 Å².